The Kier molecular flexibility index (Phi) is 3.64. The van der Waals surface area contributed by atoms with Crippen molar-refractivity contribution in [3.05, 3.63) is 55.2 Å². The molecule has 8 nitrogen and oxygen atoms in total. The molecule has 6 rings (SSSR count). The molecule has 0 radical (unpaired) electrons. The lowest BCUT2D eigenvalue weighted by Gasteiger charge is -2.07. The largest absolute Gasteiger partial charge is 0.353 e. The molecule has 0 aromatic carbocycles. The minimum atomic E-state index is 0.0629. The zero-order valence-corrected chi connectivity index (χ0v) is 15.9. The molecule has 146 valence electrons. The molecule has 0 aliphatic heterocycles. The van der Waals surface area contributed by atoms with Gasteiger partial charge in [-0.2, -0.15) is 5.10 Å². The van der Waals surface area contributed by atoms with Crippen molar-refractivity contribution >= 4 is 33.5 Å². The Morgan fingerprint density at radius 1 is 1.03 bits per heavy atom. The molecule has 0 bridgehead atoms. The number of hydrogen-bond donors (Lipinski definition) is 3. The van der Waals surface area contributed by atoms with E-state index < -0.39 is 0 Å². The van der Waals surface area contributed by atoms with Gasteiger partial charge in [-0.15, -0.1) is 0 Å². The van der Waals surface area contributed by atoms with E-state index in [1.165, 1.54) is 0 Å². The predicted molar refractivity (Wildman–Crippen MR) is 114 cm³/mol. The summed E-state index contributed by atoms with van der Waals surface area (Å²) < 4.78 is 0. The van der Waals surface area contributed by atoms with Gasteiger partial charge in [-0.3, -0.25) is 19.9 Å². The number of carbonyl (C=O) groups excluding carboxylic acids is 1. The van der Waals surface area contributed by atoms with E-state index in [9.17, 15) is 4.79 Å². The average molecular weight is 395 g/mol. The van der Waals surface area contributed by atoms with Crippen LogP contribution in [0.5, 0.6) is 0 Å². The lowest BCUT2D eigenvalue weighted by atomic mass is 10.1. The second-order valence-electron chi connectivity index (χ2n) is 7.56. The molecule has 0 atom stereocenters. The number of H-pyrrole nitrogens is 2. The normalized spacial score (nSPS) is 13.7. The molecule has 1 fully saturated rings. The van der Waals surface area contributed by atoms with Gasteiger partial charge in [-0.25, -0.2) is 4.98 Å². The van der Waals surface area contributed by atoms with Crippen molar-refractivity contribution < 1.29 is 4.79 Å². The zero-order valence-electron chi connectivity index (χ0n) is 15.9. The van der Waals surface area contributed by atoms with Crippen molar-refractivity contribution in [2.45, 2.75) is 12.8 Å². The maximum absolute atomic E-state index is 12.1. The van der Waals surface area contributed by atoms with Gasteiger partial charge in [0, 0.05) is 58.1 Å². The summed E-state index contributed by atoms with van der Waals surface area (Å²) in [5.74, 6) is 0.208. The fraction of sp³-hybridized carbons (Fsp3) is 0.136. The van der Waals surface area contributed by atoms with Crippen LogP contribution in [0.2, 0.25) is 0 Å². The summed E-state index contributed by atoms with van der Waals surface area (Å²) in [5, 5.41) is 12.3. The number of anilines is 1. The number of nitrogens with one attached hydrogen (secondary N) is 3. The molecule has 0 unspecified atom stereocenters. The average Bonchev–Trinajstić information content (AvgIpc) is 3.40. The highest BCUT2D eigenvalue weighted by Gasteiger charge is 2.29. The SMILES string of the molecule is O=C(Nc1cncc(-c2cnc3[nH]nc(-c4cc5cnccc5[nH]4)c3c2)c1)C1CC1. The van der Waals surface area contributed by atoms with Crippen LogP contribution in [0.4, 0.5) is 5.69 Å². The molecule has 1 amide bonds. The molecule has 5 aromatic rings. The summed E-state index contributed by atoms with van der Waals surface area (Å²) in [5.41, 5.74) is 5.87. The summed E-state index contributed by atoms with van der Waals surface area (Å²) in [7, 11) is 0. The molecule has 8 heteroatoms. The zero-order chi connectivity index (χ0) is 20.1. The van der Waals surface area contributed by atoms with Crippen molar-refractivity contribution in [3.8, 4) is 22.5 Å². The molecular formula is C22H17N7O. The molecule has 0 spiro atoms. The lowest BCUT2D eigenvalue weighted by molar-refractivity contribution is -0.117. The third-order valence-electron chi connectivity index (χ3n) is 5.38. The van der Waals surface area contributed by atoms with Gasteiger partial charge in [0.25, 0.3) is 0 Å². The Hall–Kier alpha value is -4.07. The van der Waals surface area contributed by atoms with Gasteiger partial charge in [-0.05, 0) is 37.1 Å². The summed E-state index contributed by atoms with van der Waals surface area (Å²) in [6.07, 6.45) is 10.7. The van der Waals surface area contributed by atoms with E-state index in [1.807, 2.05) is 30.5 Å². The molecule has 3 N–H and O–H groups in total. The first kappa shape index (κ1) is 16.8. The van der Waals surface area contributed by atoms with Crippen LogP contribution in [0.25, 0.3) is 44.5 Å². The topological polar surface area (TPSA) is 112 Å². The van der Waals surface area contributed by atoms with Gasteiger partial charge >= 0.3 is 0 Å². The van der Waals surface area contributed by atoms with E-state index in [4.69, 9.17) is 0 Å². The number of aromatic nitrogens is 6. The van der Waals surface area contributed by atoms with E-state index in [1.54, 1.807) is 24.8 Å². The molecule has 1 aliphatic rings. The van der Waals surface area contributed by atoms with Gasteiger partial charge in [0.05, 0.1) is 17.6 Å². The smallest absolute Gasteiger partial charge is 0.227 e. The van der Waals surface area contributed by atoms with Crippen molar-refractivity contribution in [1.82, 2.24) is 30.1 Å². The number of nitrogens with zero attached hydrogens (tertiary/aromatic N) is 4. The van der Waals surface area contributed by atoms with Crippen molar-refractivity contribution in [2.24, 2.45) is 5.92 Å². The fourth-order valence-corrected chi connectivity index (χ4v) is 3.62. The Morgan fingerprint density at radius 2 is 1.93 bits per heavy atom. The highest BCUT2D eigenvalue weighted by atomic mass is 16.2. The number of pyridine rings is 3. The minimum absolute atomic E-state index is 0.0629. The summed E-state index contributed by atoms with van der Waals surface area (Å²) >= 11 is 0. The molecule has 30 heavy (non-hydrogen) atoms. The summed E-state index contributed by atoms with van der Waals surface area (Å²) in [6.45, 7) is 0. The highest BCUT2D eigenvalue weighted by molar-refractivity contribution is 5.97. The number of fused-ring (bicyclic) bond motifs is 2. The van der Waals surface area contributed by atoms with Gasteiger partial charge in [0.15, 0.2) is 5.65 Å². The quantitative estimate of drug-likeness (QED) is 0.427. The van der Waals surface area contributed by atoms with E-state index in [2.05, 4.69) is 35.5 Å². The van der Waals surface area contributed by atoms with Crippen LogP contribution in [-0.4, -0.2) is 36.0 Å². The predicted octanol–water partition coefficient (Wildman–Crippen LogP) is 3.91. The van der Waals surface area contributed by atoms with Crippen LogP contribution in [0.15, 0.2) is 55.2 Å². The molecule has 5 aromatic heterocycles. The second kappa shape index (κ2) is 6.48. The molecule has 1 saturated carbocycles. The van der Waals surface area contributed by atoms with Crippen molar-refractivity contribution in [2.75, 3.05) is 5.32 Å². The minimum Gasteiger partial charge on any atom is -0.353 e. The maximum atomic E-state index is 12.1. The van der Waals surface area contributed by atoms with E-state index >= 15 is 0 Å². The third kappa shape index (κ3) is 2.89. The van der Waals surface area contributed by atoms with E-state index in [0.29, 0.717) is 11.3 Å². The third-order valence-corrected chi connectivity index (χ3v) is 5.38. The van der Waals surface area contributed by atoms with Gasteiger partial charge in [0.2, 0.25) is 5.91 Å². The number of carbonyl (C=O) groups is 1. The van der Waals surface area contributed by atoms with Crippen LogP contribution in [0, 0.1) is 5.92 Å². The van der Waals surface area contributed by atoms with Crippen LogP contribution in [-0.2, 0) is 4.79 Å². The number of rotatable bonds is 4. The first-order valence-electron chi connectivity index (χ1n) is 9.78. The van der Waals surface area contributed by atoms with Crippen molar-refractivity contribution in [3.63, 3.8) is 0 Å². The first-order valence-corrected chi connectivity index (χ1v) is 9.78. The fourth-order valence-electron chi connectivity index (χ4n) is 3.62. The molecule has 5 heterocycles. The highest BCUT2D eigenvalue weighted by Crippen LogP contribution is 2.32. The number of amides is 1. The molecule has 0 saturated heterocycles. The van der Waals surface area contributed by atoms with Crippen LogP contribution < -0.4 is 5.32 Å². The summed E-state index contributed by atoms with van der Waals surface area (Å²) in [4.78, 5) is 28.4. The van der Waals surface area contributed by atoms with Crippen LogP contribution >= 0.6 is 0 Å². The van der Waals surface area contributed by atoms with Crippen LogP contribution in [0.1, 0.15) is 12.8 Å². The Bertz CT molecular complexity index is 1380. The molecular weight excluding hydrogens is 378 g/mol. The van der Waals surface area contributed by atoms with Gasteiger partial charge in [0.1, 0.15) is 5.69 Å². The monoisotopic (exact) mass is 395 g/mol. The number of hydrogen-bond acceptors (Lipinski definition) is 5. The standard InChI is InChI=1S/C22H17N7O/c30-22(12-1-2-12)26-16-5-13(8-24-11-16)14-6-17-20(28-29-21(17)25-10-14)19-7-15-9-23-4-3-18(15)27-19/h3-12,27H,1-2H2,(H,26,30)(H,25,28,29). The lowest BCUT2D eigenvalue weighted by Crippen LogP contribution is -2.13. The maximum Gasteiger partial charge on any atom is 0.227 e. The Balaban J connectivity index is 1.40. The second-order valence-corrected chi connectivity index (χ2v) is 7.56. The van der Waals surface area contributed by atoms with E-state index in [-0.39, 0.29) is 11.8 Å². The van der Waals surface area contributed by atoms with E-state index in [0.717, 1.165) is 51.6 Å². The van der Waals surface area contributed by atoms with Crippen molar-refractivity contribution in [1.29, 1.82) is 0 Å². The Morgan fingerprint density at radius 3 is 2.80 bits per heavy atom. The summed E-state index contributed by atoms with van der Waals surface area (Å²) in [6, 6.07) is 7.92. The van der Waals surface area contributed by atoms with Crippen LogP contribution in [0.3, 0.4) is 0 Å². The van der Waals surface area contributed by atoms with Gasteiger partial charge < -0.3 is 10.3 Å². The first-order chi connectivity index (χ1) is 14.7. The van der Waals surface area contributed by atoms with Gasteiger partial charge in [-0.1, -0.05) is 0 Å². The Labute approximate surface area is 170 Å². The number of aromatic amines is 2. The molecule has 1 aliphatic carbocycles.